The van der Waals surface area contributed by atoms with Crippen LogP contribution < -0.4 is 0 Å². The quantitative estimate of drug-likeness (QED) is 0.596. The Labute approximate surface area is 70.2 Å². The van der Waals surface area contributed by atoms with E-state index in [1.54, 1.807) is 0 Å². The van der Waals surface area contributed by atoms with E-state index in [1.165, 1.54) is 25.9 Å². The maximum Gasteiger partial charge on any atom is 0.0505 e. The first-order valence-electron chi connectivity index (χ1n) is 4.66. The second kappa shape index (κ2) is 4.07. The summed E-state index contributed by atoms with van der Waals surface area (Å²) in [7, 11) is 2.21. The predicted molar refractivity (Wildman–Crippen MR) is 48.6 cm³/mol. The molecular weight excluding hydrogens is 136 g/mol. The van der Waals surface area contributed by atoms with Crippen LogP contribution in [0.25, 0.3) is 0 Å². The molecular formula is C9H20N2. The fraction of sp³-hybridized carbons (Fsp3) is 1.00. The summed E-state index contributed by atoms with van der Waals surface area (Å²) in [4.78, 5) is 4.96. The van der Waals surface area contributed by atoms with Crippen LogP contribution in [-0.4, -0.2) is 42.6 Å². The molecule has 1 atom stereocenters. The Morgan fingerprint density at radius 1 is 1.45 bits per heavy atom. The van der Waals surface area contributed by atoms with Gasteiger partial charge >= 0.3 is 0 Å². The van der Waals surface area contributed by atoms with Gasteiger partial charge in [0.05, 0.1) is 6.67 Å². The second-order valence-electron chi connectivity index (χ2n) is 3.65. The van der Waals surface area contributed by atoms with Crippen molar-refractivity contribution in [2.45, 2.75) is 32.7 Å². The highest BCUT2D eigenvalue weighted by Crippen LogP contribution is 2.10. The summed E-state index contributed by atoms with van der Waals surface area (Å²) < 4.78 is 0. The molecule has 1 aliphatic heterocycles. The topological polar surface area (TPSA) is 6.48 Å². The molecule has 0 spiro atoms. The van der Waals surface area contributed by atoms with E-state index in [2.05, 4.69) is 30.7 Å². The molecule has 0 aliphatic carbocycles. The highest BCUT2D eigenvalue weighted by molar-refractivity contribution is 4.72. The van der Waals surface area contributed by atoms with Crippen LogP contribution in [-0.2, 0) is 0 Å². The van der Waals surface area contributed by atoms with Crippen LogP contribution in [0, 0.1) is 0 Å². The molecule has 0 N–H and O–H groups in total. The molecule has 1 aliphatic rings. The van der Waals surface area contributed by atoms with Gasteiger partial charge in [0.2, 0.25) is 0 Å². The first-order chi connectivity index (χ1) is 5.24. The monoisotopic (exact) mass is 156 g/mol. The molecule has 0 unspecified atom stereocenters. The summed E-state index contributed by atoms with van der Waals surface area (Å²) in [5.74, 6) is 0. The molecule has 0 aromatic rings. The molecule has 1 heterocycles. The zero-order chi connectivity index (χ0) is 8.27. The standard InChI is InChI=1S/C9H20N2/c1-4-6-11-7-5-9(2)10(3)8-11/h9H,4-8H2,1-3H3/t9-/m0/s1. The van der Waals surface area contributed by atoms with Gasteiger partial charge in [0.15, 0.2) is 0 Å². The maximum atomic E-state index is 2.53. The van der Waals surface area contributed by atoms with Crippen molar-refractivity contribution < 1.29 is 0 Å². The molecule has 0 radical (unpaired) electrons. The van der Waals surface area contributed by atoms with Gasteiger partial charge in [-0.3, -0.25) is 9.80 Å². The van der Waals surface area contributed by atoms with E-state index >= 15 is 0 Å². The van der Waals surface area contributed by atoms with Crippen molar-refractivity contribution in [2.75, 3.05) is 26.8 Å². The molecule has 0 aromatic carbocycles. The van der Waals surface area contributed by atoms with Crippen LogP contribution in [0.5, 0.6) is 0 Å². The lowest BCUT2D eigenvalue weighted by molar-refractivity contribution is 0.0679. The Hall–Kier alpha value is -0.0800. The average molecular weight is 156 g/mol. The minimum Gasteiger partial charge on any atom is -0.291 e. The number of hydrogen-bond acceptors (Lipinski definition) is 2. The molecule has 1 fully saturated rings. The van der Waals surface area contributed by atoms with E-state index in [0.717, 1.165) is 12.7 Å². The highest BCUT2D eigenvalue weighted by Gasteiger charge is 2.18. The fourth-order valence-corrected chi connectivity index (χ4v) is 1.61. The van der Waals surface area contributed by atoms with E-state index in [-0.39, 0.29) is 0 Å². The summed E-state index contributed by atoms with van der Waals surface area (Å²) in [6.07, 6.45) is 2.61. The predicted octanol–water partition coefficient (Wildman–Crippen LogP) is 1.38. The lowest BCUT2D eigenvalue weighted by Crippen LogP contribution is -2.47. The third-order valence-electron chi connectivity index (χ3n) is 2.58. The summed E-state index contributed by atoms with van der Waals surface area (Å²) in [5.41, 5.74) is 0. The van der Waals surface area contributed by atoms with Gasteiger partial charge in [-0.25, -0.2) is 0 Å². The lowest BCUT2D eigenvalue weighted by atomic mass is 10.1. The zero-order valence-electron chi connectivity index (χ0n) is 8.01. The van der Waals surface area contributed by atoms with Gasteiger partial charge < -0.3 is 0 Å². The molecule has 66 valence electrons. The molecule has 2 nitrogen and oxygen atoms in total. The molecule has 2 heteroatoms. The van der Waals surface area contributed by atoms with Gasteiger partial charge in [-0.2, -0.15) is 0 Å². The summed E-state index contributed by atoms with van der Waals surface area (Å²) in [6.45, 7) is 8.27. The number of hydrogen-bond donors (Lipinski definition) is 0. The van der Waals surface area contributed by atoms with Crippen LogP contribution in [0.1, 0.15) is 26.7 Å². The van der Waals surface area contributed by atoms with Crippen LogP contribution in [0.15, 0.2) is 0 Å². The van der Waals surface area contributed by atoms with Crippen molar-refractivity contribution in [3.8, 4) is 0 Å². The van der Waals surface area contributed by atoms with E-state index in [9.17, 15) is 0 Å². The number of rotatable bonds is 2. The lowest BCUT2D eigenvalue weighted by Gasteiger charge is -2.37. The molecule has 0 bridgehead atoms. The van der Waals surface area contributed by atoms with Gasteiger partial charge in [-0.05, 0) is 33.4 Å². The smallest absolute Gasteiger partial charge is 0.0505 e. The third-order valence-corrected chi connectivity index (χ3v) is 2.58. The van der Waals surface area contributed by atoms with E-state index < -0.39 is 0 Å². The van der Waals surface area contributed by atoms with E-state index in [0.29, 0.717) is 0 Å². The van der Waals surface area contributed by atoms with Crippen molar-refractivity contribution in [3.63, 3.8) is 0 Å². The van der Waals surface area contributed by atoms with Gasteiger partial charge in [0.25, 0.3) is 0 Å². The van der Waals surface area contributed by atoms with Crippen molar-refractivity contribution >= 4 is 0 Å². The minimum atomic E-state index is 0.781. The van der Waals surface area contributed by atoms with Crippen LogP contribution in [0.3, 0.4) is 0 Å². The molecule has 0 saturated carbocycles. The first-order valence-corrected chi connectivity index (χ1v) is 4.66. The SMILES string of the molecule is CCCN1CC[C@H](C)N(C)C1. The summed E-state index contributed by atoms with van der Waals surface area (Å²) >= 11 is 0. The Kier molecular flexibility index (Phi) is 3.34. The van der Waals surface area contributed by atoms with Crippen LogP contribution in [0.4, 0.5) is 0 Å². The van der Waals surface area contributed by atoms with Gasteiger partial charge in [-0.1, -0.05) is 6.92 Å². The van der Waals surface area contributed by atoms with E-state index in [4.69, 9.17) is 0 Å². The first kappa shape index (κ1) is 9.01. The van der Waals surface area contributed by atoms with Gasteiger partial charge in [0.1, 0.15) is 0 Å². The van der Waals surface area contributed by atoms with Crippen LogP contribution >= 0.6 is 0 Å². The minimum absolute atomic E-state index is 0.781. The van der Waals surface area contributed by atoms with Gasteiger partial charge in [-0.15, -0.1) is 0 Å². The molecule has 11 heavy (non-hydrogen) atoms. The highest BCUT2D eigenvalue weighted by atomic mass is 15.3. The fourth-order valence-electron chi connectivity index (χ4n) is 1.61. The zero-order valence-corrected chi connectivity index (χ0v) is 8.01. The Morgan fingerprint density at radius 3 is 2.73 bits per heavy atom. The maximum absolute atomic E-state index is 2.53. The Morgan fingerprint density at radius 2 is 2.18 bits per heavy atom. The van der Waals surface area contributed by atoms with Crippen LogP contribution in [0.2, 0.25) is 0 Å². The van der Waals surface area contributed by atoms with E-state index in [1.807, 2.05) is 0 Å². The molecule has 1 saturated heterocycles. The Balaban J connectivity index is 2.28. The van der Waals surface area contributed by atoms with Crippen molar-refractivity contribution in [2.24, 2.45) is 0 Å². The molecule has 0 aromatic heterocycles. The summed E-state index contributed by atoms with van der Waals surface area (Å²) in [5, 5.41) is 0. The van der Waals surface area contributed by atoms with Gasteiger partial charge in [0, 0.05) is 12.6 Å². The van der Waals surface area contributed by atoms with Crippen molar-refractivity contribution in [3.05, 3.63) is 0 Å². The largest absolute Gasteiger partial charge is 0.291 e. The Bertz CT molecular complexity index is 114. The van der Waals surface area contributed by atoms with Crippen molar-refractivity contribution in [1.29, 1.82) is 0 Å². The molecule has 0 amide bonds. The summed E-state index contributed by atoms with van der Waals surface area (Å²) in [6, 6.07) is 0.781. The normalized spacial score (nSPS) is 29.2. The average Bonchev–Trinajstić information content (AvgIpc) is 1.98. The van der Waals surface area contributed by atoms with Crippen molar-refractivity contribution in [1.82, 2.24) is 9.80 Å². The third kappa shape index (κ3) is 2.46. The second-order valence-corrected chi connectivity index (χ2v) is 3.65. The molecule has 1 rings (SSSR count). The number of nitrogens with zero attached hydrogens (tertiary/aromatic N) is 2.